The van der Waals surface area contributed by atoms with Crippen LogP contribution in [0.1, 0.15) is 52.4 Å². The number of nitrogens with one attached hydrogen (secondary N) is 3. The normalized spacial score (nSPS) is 25.2. The minimum Gasteiger partial charge on any atom is -0.325 e. The van der Waals surface area contributed by atoms with E-state index in [9.17, 15) is 4.79 Å². The standard InChI is InChI=1S/C11H21N3O/c1-3-4-5-6-7-8-11(2)9(12)13-10(15)14-11/h3-8H2,1-2H3,(H3,12,13,14,15). The van der Waals surface area contributed by atoms with Gasteiger partial charge in [-0.25, -0.2) is 4.79 Å². The second-order valence-electron chi connectivity index (χ2n) is 4.45. The average molecular weight is 211 g/mol. The summed E-state index contributed by atoms with van der Waals surface area (Å²) in [7, 11) is 0. The summed E-state index contributed by atoms with van der Waals surface area (Å²) in [6.45, 7) is 4.10. The van der Waals surface area contributed by atoms with E-state index in [4.69, 9.17) is 5.41 Å². The van der Waals surface area contributed by atoms with Gasteiger partial charge < -0.3 is 5.32 Å². The summed E-state index contributed by atoms with van der Waals surface area (Å²) < 4.78 is 0. The zero-order chi connectivity index (χ0) is 11.3. The molecule has 0 aromatic carbocycles. The lowest BCUT2D eigenvalue weighted by molar-refractivity contribution is 0.244. The van der Waals surface area contributed by atoms with Gasteiger partial charge in [0.15, 0.2) is 0 Å². The highest BCUT2D eigenvalue weighted by atomic mass is 16.2. The number of carbonyl (C=O) groups is 1. The van der Waals surface area contributed by atoms with Gasteiger partial charge in [0, 0.05) is 0 Å². The van der Waals surface area contributed by atoms with Crippen molar-refractivity contribution < 1.29 is 4.79 Å². The van der Waals surface area contributed by atoms with Gasteiger partial charge in [-0.05, 0) is 13.3 Å². The number of amidine groups is 1. The number of urea groups is 1. The van der Waals surface area contributed by atoms with Gasteiger partial charge in [-0.2, -0.15) is 0 Å². The fourth-order valence-corrected chi connectivity index (χ4v) is 1.87. The summed E-state index contributed by atoms with van der Waals surface area (Å²) >= 11 is 0. The van der Waals surface area contributed by atoms with Crippen LogP contribution in [0.3, 0.4) is 0 Å². The van der Waals surface area contributed by atoms with Crippen LogP contribution in [0, 0.1) is 5.41 Å². The van der Waals surface area contributed by atoms with Crippen molar-refractivity contribution in [2.45, 2.75) is 57.9 Å². The molecule has 1 saturated heterocycles. The van der Waals surface area contributed by atoms with Gasteiger partial charge in [0.1, 0.15) is 5.84 Å². The molecule has 0 aromatic heterocycles. The Morgan fingerprint density at radius 2 is 1.93 bits per heavy atom. The quantitative estimate of drug-likeness (QED) is 0.580. The lowest BCUT2D eigenvalue weighted by Gasteiger charge is -2.22. The van der Waals surface area contributed by atoms with Crippen LogP contribution in [0.5, 0.6) is 0 Å². The second-order valence-corrected chi connectivity index (χ2v) is 4.45. The van der Waals surface area contributed by atoms with Gasteiger partial charge in [-0.15, -0.1) is 0 Å². The van der Waals surface area contributed by atoms with Crippen LogP contribution < -0.4 is 10.6 Å². The lowest BCUT2D eigenvalue weighted by Crippen LogP contribution is -2.43. The highest BCUT2D eigenvalue weighted by Crippen LogP contribution is 2.19. The van der Waals surface area contributed by atoms with Crippen molar-refractivity contribution in [3.8, 4) is 0 Å². The third-order valence-corrected chi connectivity index (χ3v) is 2.96. The van der Waals surface area contributed by atoms with E-state index in [1.165, 1.54) is 25.7 Å². The highest BCUT2D eigenvalue weighted by molar-refractivity contribution is 6.08. The molecule has 3 N–H and O–H groups in total. The molecule has 1 aliphatic heterocycles. The first-order valence-electron chi connectivity index (χ1n) is 5.76. The predicted molar refractivity (Wildman–Crippen MR) is 61.2 cm³/mol. The highest BCUT2D eigenvalue weighted by Gasteiger charge is 2.37. The van der Waals surface area contributed by atoms with Gasteiger partial charge in [0.2, 0.25) is 0 Å². The van der Waals surface area contributed by atoms with Crippen molar-refractivity contribution in [2.24, 2.45) is 0 Å². The first kappa shape index (κ1) is 12.0. The molecule has 4 heteroatoms. The Hall–Kier alpha value is -1.06. The van der Waals surface area contributed by atoms with Crippen LogP contribution in [0.4, 0.5) is 4.79 Å². The Labute approximate surface area is 91.3 Å². The zero-order valence-corrected chi connectivity index (χ0v) is 9.65. The number of unbranched alkanes of at least 4 members (excludes halogenated alkanes) is 4. The lowest BCUT2D eigenvalue weighted by atomic mass is 9.94. The van der Waals surface area contributed by atoms with Gasteiger partial charge >= 0.3 is 6.03 Å². The molecule has 0 radical (unpaired) electrons. The van der Waals surface area contributed by atoms with E-state index in [1.54, 1.807) is 0 Å². The Morgan fingerprint density at radius 1 is 1.27 bits per heavy atom. The first-order chi connectivity index (χ1) is 7.08. The third-order valence-electron chi connectivity index (χ3n) is 2.96. The summed E-state index contributed by atoms with van der Waals surface area (Å²) in [6.07, 6.45) is 6.88. The van der Waals surface area contributed by atoms with Crippen molar-refractivity contribution in [1.82, 2.24) is 10.6 Å². The summed E-state index contributed by atoms with van der Waals surface area (Å²) in [5.74, 6) is 0.308. The topological polar surface area (TPSA) is 65.0 Å². The number of hydrogen-bond donors (Lipinski definition) is 3. The monoisotopic (exact) mass is 211 g/mol. The summed E-state index contributed by atoms with van der Waals surface area (Å²) in [5, 5.41) is 12.9. The largest absolute Gasteiger partial charge is 0.325 e. The molecule has 15 heavy (non-hydrogen) atoms. The molecule has 1 heterocycles. The van der Waals surface area contributed by atoms with Crippen molar-refractivity contribution in [1.29, 1.82) is 5.41 Å². The SMILES string of the molecule is CCCCCCCC1(C)NC(=O)NC1=N. The molecule has 1 atom stereocenters. The Morgan fingerprint density at radius 3 is 2.47 bits per heavy atom. The molecule has 1 fully saturated rings. The number of amides is 2. The Bertz CT molecular complexity index is 252. The van der Waals surface area contributed by atoms with E-state index in [0.717, 1.165) is 12.8 Å². The fraction of sp³-hybridized carbons (Fsp3) is 0.818. The first-order valence-corrected chi connectivity index (χ1v) is 5.76. The maximum absolute atomic E-state index is 11.0. The number of rotatable bonds is 6. The molecular formula is C11H21N3O. The van der Waals surface area contributed by atoms with Gasteiger partial charge in [-0.1, -0.05) is 39.0 Å². The molecule has 86 valence electrons. The van der Waals surface area contributed by atoms with Crippen LogP contribution >= 0.6 is 0 Å². The maximum atomic E-state index is 11.0. The second kappa shape index (κ2) is 5.14. The van der Waals surface area contributed by atoms with E-state index in [0.29, 0.717) is 5.84 Å². The molecule has 0 saturated carbocycles. The molecule has 0 aromatic rings. The number of carbonyl (C=O) groups excluding carboxylic acids is 1. The van der Waals surface area contributed by atoms with Crippen molar-refractivity contribution in [3.05, 3.63) is 0 Å². The Balaban J connectivity index is 2.25. The molecule has 0 bridgehead atoms. The van der Waals surface area contributed by atoms with E-state index < -0.39 is 5.54 Å². The van der Waals surface area contributed by atoms with Crippen molar-refractivity contribution in [2.75, 3.05) is 0 Å². The molecule has 2 amide bonds. The van der Waals surface area contributed by atoms with Crippen LogP contribution in [-0.2, 0) is 0 Å². The minimum absolute atomic E-state index is 0.240. The maximum Gasteiger partial charge on any atom is 0.321 e. The minimum atomic E-state index is -0.455. The van der Waals surface area contributed by atoms with Gasteiger partial charge in [0.05, 0.1) is 5.54 Å². The van der Waals surface area contributed by atoms with Crippen molar-refractivity contribution in [3.63, 3.8) is 0 Å². The summed E-state index contributed by atoms with van der Waals surface area (Å²) in [4.78, 5) is 11.0. The molecular weight excluding hydrogens is 190 g/mol. The molecule has 1 aliphatic rings. The van der Waals surface area contributed by atoms with E-state index in [1.807, 2.05) is 6.92 Å². The Kier molecular flexibility index (Phi) is 4.12. The molecule has 0 spiro atoms. The molecule has 0 aliphatic carbocycles. The van der Waals surface area contributed by atoms with Crippen LogP contribution in [0.25, 0.3) is 0 Å². The van der Waals surface area contributed by atoms with Gasteiger partial charge in [0.25, 0.3) is 0 Å². The van der Waals surface area contributed by atoms with Crippen LogP contribution in [0.15, 0.2) is 0 Å². The van der Waals surface area contributed by atoms with E-state index in [-0.39, 0.29) is 6.03 Å². The summed E-state index contributed by atoms with van der Waals surface area (Å²) in [5.41, 5.74) is -0.455. The fourth-order valence-electron chi connectivity index (χ4n) is 1.87. The third kappa shape index (κ3) is 3.22. The van der Waals surface area contributed by atoms with E-state index in [2.05, 4.69) is 17.6 Å². The average Bonchev–Trinajstić information content (AvgIpc) is 2.41. The van der Waals surface area contributed by atoms with Gasteiger partial charge in [-0.3, -0.25) is 10.7 Å². The summed E-state index contributed by atoms with van der Waals surface area (Å²) in [6, 6.07) is -0.240. The molecule has 1 rings (SSSR count). The van der Waals surface area contributed by atoms with Crippen molar-refractivity contribution >= 4 is 11.9 Å². The van der Waals surface area contributed by atoms with Crippen LogP contribution in [-0.4, -0.2) is 17.4 Å². The van der Waals surface area contributed by atoms with E-state index >= 15 is 0 Å². The number of hydrogen-bond acceptors (Lipinski definition) is 2. The smallest absolute Gasteiger partial charge is 0.321 e. The van der Waals surface area contributed by atoms with Crippen LogP contribution in [0.2, 0.25) is 0 Å². The predicted octanol–water partition coefficient (Wildman–Crippen LogP) is 2.40. The molecule has 4 nitrogen and oxygen atoms in total. The molecule has 1 unspecified atom stereocenters. The zero-order valence-electron chi connectivity index (χ0n) is 9.65.